The van der Waals surface area contributed by atoms with E-state index in [-0.39, 0.29) is 0 Å². The Labute approximate surface area is 208 Å². The number of fused-ring (bicyclic) bond motifs is 10. The number of rotatable bonds is 0. The van der Waals surface area contributed by atoms with Crippen LogP contribution in [0.2, 0.25) is 58.9 Å². The SMILES string of the molecule is C[Si]12O[SiH]3O[Si]4(C)O[Si](C)(O1)O[Si]1(C)O[Si](C)(O4)O[Si]4(C)O[Si](C)(O3)O[Si](C)(O2)O[Si](C)(O4)O1. The molecule has 0 aromatic rings. The third-order valence-electron chi connectivity index (χ3n) is 5.38. The molecule has 8 atom stereocenters. The number of hydrogen-bond donors (Lipinski definition) is 0. The van der Waals surface area contributed by atoms with E-state index in [9.17, 15) is 0 Å². The molecule has 5 fully saturated rings. The molecule has 10 bridgehead atoms. The normalized spacial score (nSPS) is 65.4. The Hall–Kier alpha value is 1.57. The van der Waals surface area contributed by atoms with Crippen molar-refractivity contribution in [3.63, 3.8) is 0 Å². The summed E-state index contributed by atoms with van der Waals surface area (Å²) in [5.41, 5.74) is 0. The Morgan fingerprint density at radius 1 is 0.265 bits per heavy atom. The Balaban J connectivity index is 1.65. The topological polar surface area (TPSA) is 138 Å². The lowest BCUT2D eigenvalue weighted by molar-refractivity contribution is -0.0109. The van der Waals surface area contributed by atoms with Gasteiger partial charge in [-0.1, -0.05) is 0 Å². The molecule has 5 aliphatic heterocycles. The maximum Gasteiger partial charge on any atom is 0.475 e. The van der Waals surface area contributed by atoms with Crippen molar-refractivity contribution in [3.8, 4) is 0 Å². The highest BCUT2D eigenvalue weighted by molar-refractivity contribution is 7.01. The first-order valence-electron chi connectivity index (χ1n) is 10.7. The summed E-state index contributed by atoms with van der Waals surface area (Å²) in [6.45, 7) is 15.5. The van der Waals surface area contributed by atoms with Gasteiger partial charge in [-0.25, -0.2) is 0 Å². The van der Waals surface area contributed by atoms with Gasteiger partial charge >= 0.3 is 88.8 Å². The van der Waals surface area contributed by atoms with E-state index in [2.05, 4.69) is 0 Å². The van der Waals surface area contributed by atoms with Crippen LogP contribution in [-0.2, 0) is 61.7 Å². The van der Waals surface area contributed by atoms with E-state index in [4.69, 9.17) is 61.7 Å². The van der Waals surface area contributed by atoms with E-state index >= 15 is 0 Å². The van der Waals surface area contributed by atoms with Gasteiger partial charge in [0.15, 0.2) is 0 Å². The number of hydrogen-bond acceptors (Lipinski definition) is 15. The van der Waals surface area contributed by atoms with Crippen LogP contribution >= 0.6 is 0 Å². The quantitative estimate of drug-likeness (QED) is 0.327. The van der Waals surface area contributed by atoms with Gasteiger partial charge in [0.1, 0.15) is 0 Å². The molecule has 0 aliphatic carbocycles. The molecule has 5 heterocycles. The molecule has 0 saturated carbocycles. The van der Waals surface area contributed by atoms with Crippen molar-refractivity contribution in [3.05, 3.63) is 0 Å². The van der Waals surface area contributed by atoms with Crippen molar-refractivity contribution >= 4 is 88.8 Å². The Morgan fingerprint density at radius 2 is 0.412 bits per heavy atom. The van der Waals surface area contributed by atoms with Crippen molar-refractivity contribution in [2.45, 2.75) is 58.9 Å². The summed E-state index contributed by atoms with van der Waals surface area (Å²) in [6.07, 6.45) is 0. The lowest BCUT2D eigenvalue weighted by Crippen LogP contribution is -2.84. The minimum Gasteiger partial charge on any atom is -0.376 e. The van der Waals surface area contributed by atoms with Crippen LogP contribution in [0, 0.1) is 0 Å². The molecule has 34 heavy (non-hydrogen) atoms. The summed E-state index contributed by atoms with van der Waals surface area (Å²) in [7, 11) is -35.5. The molecule has 0 N–H and O–H groups in total. The zero-order chi connectivity index (χ0) is 24.7. The molecule has 15 nitrogen and oxygen atoms in total. The maximum atomic E-state index is 6.58. The van der Waals surface area contributed by atoms with Crippen LogP contribution in [0.15, 0.2) is 0 Å². The summed E-state index contributed by atoms with van der Waals surface area (Å²) >= 11 is 0. The average molecular weight is 657 g/mol. The van der Waals surface area contributed by atoms with Crippen LogP contribution in [0.3, 0.4) is 0 Å². The van der Waals surface area contributed by atoms with Gasteiger partial charge < -0.3 is 61.7 Å². The molecule has 0 amide bonds. The molecule has 25 heteroatoms. The summed E-state index contributed by atoms with van der Waals surface area (Å²) < 4.78 is 97.6. The molecule has 5 aliphatic rings. The minimum atomic E-state index is -3.63. The molecular formula is C9H28O15Si10. The maximum absolute atomic E-state index is 6.58. The van der Waals surface area contributed by atoms with Gasteiger partial charge in [-0.05, 0) is 0 Å². The zero-order valence-electron chi connectivity index (χ0n) is 20.2. The molecule has 0 aromatic heterocycles. The van der Waals surface area contributed by atoms with Crippen molar-refractivity contribution in [2.75, 3.05) is 0 Å². The second-order valence-electron chi connectivity index (χ2n) is 9.63. The highest BCUT2D eigenvalue weighted by atomic mass is 28.6. The summed E-state index contributed by atoms with van der Waals surface area (Å²) in [4.78, 5) is 0. The molecule has 0 aromatic carbocycles. The van der Waals surface area contributed by atoms with Crippen molar-refractivity contribution in [1.82, 2.24) is 0 Å². The van der Waals surface area contributed by atoms with Crippen LogP contribution in [0.5, 0.6) is 0 Å². The summed E-state index contributed by atoms with van der Waals surface area (Å²) in [5, 5.41) is 0. The first kappa shape index (κ1) is 25.8. The standard InChI is InChI=1S/C9H28O15Si10/c1-26-10-25-11-27(2)15-29(4,13-26)19-33(8)22-31(6,17-27)21-32(7)18-28(3,12-25)16-30(5,14-26)20-34(9,23-32)24-33/h25H,1-9H3. The van der Waals surface area contributed by atoms with E-state index in [1.165, 1.54) is 0 Å². The average Bonchev–Trinajstić information content (AvgIpc) is 2.41. The molecule has 8 unspecified atom stereocenters. The van der Waals surface area contributed by atoms with E-state index in [1.54, 1.807) is 58.9 Å². The van der Waals surface area contributed by atoms with Gasteiger partial charge in [-0.3, -0.25) is 0 Å². The predicted octanol–water partition coefficient (Wildman–Crippen LogP) is 0.153. The first-order valence-corrected chi connectivity index (χ1v) is 32.2. The van der Waals surface area contributed by atoms with E-state index in [0.717, 1.165) is 0 Å². The second-order valence-corrected chi connectivity index (χ2v) is 38.4. The fraction of sp³-hybridized carbons (Fsp3) is 1.00. The van der Waals surface area contributed by atoms with Gasteiger partial charge in [-0.15, -0.1) is 0 Å². The third-order valence-corrected chi connectivity index (χ3v) is 48.4. The molecule has 5 saturated heterocycles. The van der Waals surface area contributed by atoms with Crippen LogP contribution < -0.4 is 0 Å². The Bertz CT molecular complexity index is 855. The molecule has 0 spiro atoms. The van der Waals surface area contributed by atoms with Crippen LogP contribution in [0.25, 0.3) is 0 Å². The molecule has 194 valence electrons. The van der Waals surface area contributed by atoms with Crippen molar-refractivity contribution < 1.29 is 61.7 Å². The molecular weight excluding hydrogens is 629 g/mol. The van der Waals surface area contributed by atoms with E-state index < -0.39 is 88.8 Å². The fourth-order valence-electron chi connectivity index (χ4n) is 5.22. The highest BCUT2D eigenvalue weighted by Gasteiger charge is 2.77. The molecule has 0 radical (unpaired) electrons. The molecule has 5 rings (SSSR count). The fourth-order valence-corrected chi connectivity index (χ4v) is 58.7. The zero-order valence-corrected chi connectivity index (χ0v) is 30.4. The Morgan fingerprint density at radius 3 is 0.588 bits per heavy atom. The lowest BCUT2D eigenvalue weighted by Gasteiger charge is -2.59. The minimum absolute atomic E-state index is 1.72. The van der Waals surface area contributed by atoms with Gasteiger partial charge in [0.25, 0.3) is 0 Å². The van der Waals surface area contributed by atoms with Gasteiger partial charge in [0.05, 0.1) is 0 Å². The van der Waals surface area contributed by atoms with Gasteiger partial charge in [0.2, 0.25) is 0 Å². The Kier molecular flexibility index (Phi) is 5.47. The summed E-state index contributed by atoms with van der Waals surface area (Å²) in [5.74, 6) is 0. The predicted molar refractivity (Wildman–Crippen MR) is 128 cm³/mol. The van der Waals surface area contributed by atoms with Gasteiger partial charge in [-0.2, -0.15) is 0 Å². The highest BCUT2D eigenvalue weighted by Crippen LogP contribution is 2.46. The monoisotopic (exact) mass is 656 g/mol. The van der Waals surface area contributed by atoms with E-state index in [0.29, 0.717) is 0 Å². The summed E-state index contributed by atoms with van der Waals surface area (Å²) in [6, 6.07) is 0. The largest absolute Gasteiger partial charge is 0.475 e. The lowest BCUT2D eigenvalue weighted by atomic mass is 11.9. The van der Waals surface area contributed by atoms with Crippen molar-refractivity contribution in [1.29, 1.82) is 0 Å². The first-order chi connectivity index (χ1) is 15.3. The van der Waals surface area contributed by atoms with Crippen molar-refractivity contribution in [2.24, 2.45) is 0 Å². The van der Waals surface area contributed by atoms with Crippen LogP contribution in [-0.4, -0.2) is 88.8 Å². The van der Waals surface area contributed by atoms with Gasteiger partial charge in [0, 0.05) is 58.9 Å². The van der Waals surface area contributed by atoms with Crippen LogP contribution in [0.4, 0.5) is 0 Å². The van der Waals surface area contributed by atoms with Crippen LogP contribution in [0.1, 0.15) is 0 Å². The smallest absolute Gasteiger partial charge is 0.376 e. The third kappa shape index (κ3) is 4.54. The van der Waals surface area contributed by atoms with E-state index in [1.807, 2.05) is 0 Å². The second kappa shape index (κ2) is 7.20.